The molecule has 0 saturated carbocycles. The van der Waals surface area contributed by atoms with Crippen molar-refractivity contribution in [2.24, 2.45) is 5.92 Å². The van der Waals surface area contributed by atoms with Gasteiger partial charge in [-0.1, -0.05) is 6.92 Å². The number of rotatable bonds is 1. The molecule has 1 aromatic rings. The minimum absolute atomic E-state index is 0.00483. The Morgan fingerprint density at radius 1 is 1.50 bits per heavy atom. The minimum atomic E-state index is -1.00. The Labute approximate surface area is 91.9 Å². The van der Waals surface area contributed by atoms with Gasteiger partial charge in [0.2, 0.25) is 0 Å². The predicted molar refractivity (Wildman–Crippen MR) is 54.9 cm³/mol. The van der Waals surface area contributed by atoms with E-state index in [9.17, 15) is 14.0 Å². The van der Waals surface area contributed by atoms with Gasteiger partial charge in [0.25, 0.3) is 0 Å². The fraction of sp³-hybridized carbons (Fsp3) is 0.333. The van der Waals surface area contributed by atoms with Gasteiger partial charge in [0.15, 0.2) is 5.78 Å². The molecule has 0 aliphatic heterocycles. The molecule has 0 heterocycles. The summed E-state index contributed by atoms with van der Waals surface area (Å²) in [5, 5.41) is 8.98. The number of benzene rings is 1. The Morgan fingerprint density at radius 3 is 2.81 bits per heavy atom. The van der Waals surface area contributed by atoms with Gasteiger partial charge in [0, 0.05) is 12.0 Å². The zero-order valence-corrected chi connectivity index (χ0v) is 8.74. The first kappa shape index (κ1) is 10.8. The highest BCUT2D eigenvalue weighted by atomic mass is 19.1. The normalized spacial score (nSPS) is 24.0. The lowest BCUT2D eigenvalue weighted by Gasteiger charge is -2.27. The van der Waals surface area contributed by atoms with Gasteiger partial charge in [-0.15, -0.1) is 0 Å². The zero-order chi connectivity index (χ0) is 11.9. The number of hydrogen-bond acceptors (Lipinski definition) is 2. The largest absolute Gasteiger partial charge is 0.481 e. The van der Waals surface area contributed by atoms with Gasteiger partial charge in [-0.05, 0) is 29.7 Å². The lowest BCUT2D eigenvalue weighted by atomic mass is 9.75. The topological polar surface area (TPSA) is 54.4 Å². The summed E-state index contributed by atoms with van der Waals surface area (Å²) >= 11 is 0. The van der Waals surface area contributed by atoms with Crippen LogP contribution in [0.3, 0.4) is 0 Å². The second-order valence-electron chi connectivity index (χ2n) is 4.09. The van der Waals surface area contributed by atoms with Crippen molar-refractivity contribution in [2.45, 2.75) is 19.3 Å². The van der Waals surface area contributed by atoms with Gasteiger partial charge in [-0.25, -0.2) is 4.39 Å². The van der Waals surface area contributed by atoms with Crippen molar-refractivity contribution >= 4 is 11.8 Å². The number of carbonyl (C=O) groups is 2. The summed E-state index contributed by atoms with van der Waals surface area (Å²) in [4.78, 5) is 22.6. The number of fused-ring (bicyclic) bond motifs is 1. The molecule has 1 aromatic carbocycles. The van der Waals surface area contributed by atoms with E-state index in [-0.39, 0.29) is 18.1 Å². The maximum atomic E-state index is 13.1. The van der Waals surface area contributed by atoms with Crippen LogP contribution < -0.4 is 0 Å². The Hall–Kier alpha value is -1.71. The maximum absolute atomic E-state index is 13.1. The molecular formula is C12H11FO3. The molecular weight excluding hydrogens is 211 g/mol. The van der Waals surface area contributed by atoms with Crippen LogP contribution in [-0.4, -0.2) is 16.9 Å². The number of aliphatic carboxylic acids is 1. The van der Waals surface area contributed by atoms with Gasteiger partial charge in [-0.3, -0.25) is 9.59 Å². The first-order valence-electron chi connectivity index (χ1n) is 5.06. The highest BCUT2D eigenvalue weighted by Gasteiger charge is 2.35. The van der Waals surface area contributed by atoms with E-state index in [2.05, 4.69) is 0 Å². The lowest BCUT2D eigenvalue weighted by Crippen LogP contribution is -2.29. The molecule has 16 heavy (non-hydrogen) atoms. The third-order valence-corrected chi connectivity index (χ3v) is 3.13. The Bertz CT molecular complexity index is 467. The van der Waals surface area contributed by atoms with Crippen molar-refractivity contribution in [1.29, 1.82) is 0 Å². The van der Waals surface area contributed by atoms with Crippen molar-refractivity contribution in [3.63, 3.8) is 0 Å². The van der Waals surface area contributed by atoms with Crippen molar-refractivity contribution < 1.29 is 19.1 Å². The van der Waals surface area contributed by atoms with E-state index >= 15 is 0 Å². The smallest absolute Gasteiger partial charge is 0.307 e. The van der Waals surface area contributed by atoms with E-state index < -0.39 is 17.7 Å². The van der Waals surface area contributed by atoms with Crippen molar-refractivity contribution in [3.05, 3.63) is 35.1 Å². The molecule has 0 spiro atoms. The summed E-state index contributed by atoms with van der Waals surface area (Å²) in [6.45, 7) is 1.71. The van der Waals surface area contributed by atoms with Crippen LogP contribution in [0.4, 0.5) is 4.39 Å². The van der Waals surface area contributed by atoms with Gasteiger partial charge in [-0.2, -0.15) is 0 Å². The molecule has 0 bridgehead atoms. The Balaban J connectivity index is 2.52. The summed E-state index contributed by atoms with van der Waals surface area (Å²) in [6, 6.07) is 3.92. The van der Waals surface area contributed by atoms with Gasteiger partial charge in [0.05, 0.1) is 5.92 Å². The molecule has 0 radical (unpaired) electrons. The van der Waals surface area contributed by atoms with E-state index in [0.29, 0.717) is 11.1 Å². The molecule has 84 valence electrons. The molecule has 0 fully saturated rings. The first-order valence-corrected chi connectivity index (χ1v) is 5.06. The summed E-state index contributed by atoms with van der Waals surface area (Å²) in [5.74, 6) is -2.75. The number of halogens is 1. The fourth-order valence-electron chi connectivity index (χ4n) is 2.17. The average Bonchev–Trinajstić information content (AvgIpc) is 2.22. The number of Topliss-reactive ketones (excluding diaryl/α,β-unsaturated/α-hetero) is 1. The van der Waals surface area contributed by atoms with E-state index in [4.69, 9.17) is 5.11 Å². The molecule has 1 aliphatic rings. The quantitative estimate of drug-likeness (QED) is 0.792. The molecule has 2 rings (SSSR count). The predicted octanol–water partition coefficient (Wildman–Crippen LogP) is 2.22. The fourth-order valence-corrected chi connectivity index (χ4v) is 2.17. The van der Waals surface area contributed by atoms with Crippen LogP contribution in [0.2, 0.25) is 0 Å². The van der Waals surface area contributed by atoms with Crippen molar-refractivity contribution in [2.75, 3.05) is 0 Å². The molecule has 2 unspecified atom stereocenters. The van der Waals surface area contributed by atoms with Crippen LogP contribution in [0.15, 0.2) is 18.2 Å². The summed E-state index contributed by atoms with van der Waals surface area (Å²) in [7, 11) is 0. The van der Waals surface area contributed by atoms with Crippen LogP contribution in [0, 0.1) is 11.7 Å². The van der Waals surface area contributed by atoms with E-state index in [1.807, 2.05) is 0 Å². The second-order valence-corrected chi connectivity index (χ2v) is 4.09. The third kappa shape index (κ3) is 1.60. The van der Waals surface area contributed by atoms with E-state index in [1.165, 1.54) is 18.2 Å². The SMILES string of the molecule is CC1c2cc(F)ccc2C(=O)CC1C(=O)O. The summed E-state index contributed by atoms with van der Waals surface area (Å²) in [6.07, 6.45) is -0.00483. The number of carboxylic acids is 1. The summed E-state index contributed by atoms with van der Waals surface area (Å²) < 4.78 is 13.1. The van der Waals surface area contributed by atoms with Crippen LogP contribution in [0.25, 0.3) is 0 Å². The van der Waals surface area contributed by atoms with Crippen molar-refractivity contribution in [3.8, 4) is 0 Å². The number of ketones is 1. The molecule has 0 aromatic heterocycles. The maximum Gasteiger partial charge on any atom is 0.307 e. The van der Waals surface area contributed by atoms with Crippen LogP contribution in [0.1, 0.15) is 35.2 Å². The molecule has 1 aliphatic carbocycles. The third-order valence-electron chi connectivity index (χ3n) is 3.13. The second kappa shape index (κ2) is 3.70. The minimum Gasteiger partial charge on any atom is -0.481 e. The van der Waals surface area contributed by atoms with Crippen molar-refractivity contribution in [1.82, 2.24) is 0 Å². The molecule has 3 nitrogen and oxygen atoms in total. The zero-order valence-electron chi connectivity index (χ0n) is 8.74. The lowest BCUT2D eigenvalue weighted by molar-refractivity contribution is -0.142. The number of carboxylic acid groups (broad SMARTS) is 1. The Kier molecular flexibility index (Phi) is 2.50. The van der Waals surface area contributed by atoms with Gasteiger partial charge >= 0.3 is 5.97 Å². The summed E-state index contributed by atoms with van der Waals surface area (Å²) in [5.41, 5.74) is 0.954. The molecule has 4 heteroatoms. The average molecular weight is 222 g/mol. The Morgan fingerprint density at radius 2 is 2.19 bits per heavy atom. The monoisotopic (exact) mass is 222 g/mol. The van der Waals surface area contributed by atoms with Crippen LogP contribution >= 0.6 is 0 Å². The molecule has 2 atom stereocenters. The van der Waals surface area contributed by atoms with Crippen LogP contribution in [-0.2, 0) is 4.79 Å². The number of hydrogen-bond donors (Lipinski definition) is 1. The molecule has 1 N–H and O–H groups in total. The highest BCUT2D eigenvalue weighted by molar-refractivity contribution is 6.01. The highest BCUT2D eigenvalue weighted by Crippen LogP contribution is 2.36. The van der Waals surface area contributed by atoms with Gasteiger partial charge in [0.1, 0.15) is 5.82 Å². The first-order chi connectivity index (χ1) is 7.50. The van der Waals surface area contributed by atoms with E-state index in [1.54, 1.807) is 6.92 Å². The number of carbonyl (C=O) groups excluding carboxylic acids is 1. The van der Waals surface area contributed by atoms with E-state index in [0.717, 1.165) is 0 Å². The molecule has 0 amide bonds. The van der Waals surface area contributed by atoms with Gasteiger partial charge < -0.3 is 5.11 Å². The standard InChI is InChI=1S/C12H11FO3/c1-6-9-4-7(13)2-3-8(9)11(14)5-10(6)12(15)16/h2-4,6,10H,5H2,1H3,(H,15,16). The van der Waals surface area contributed by atoms with Crippen LogP contribution in [0.5, 0.6) is 0 Å². The molecule has 0 saturated heterocycles.